The van der Waals surface area contributed by atoms with Gasteiger partial charge < -0.3 is 44.2 Å². The molecule has 0 radical (unpaired) electrons. The van der Waals surface area contributed by atoms with Crippen molar-refractivity contribution in [2.45, 2.75) is 166 Å². The van der Waals surface area contributed by atoms with Crippen LogP contribution in [0.15, 0.2) is 70.5 Å². The van der Waals surface area contributed by atoms with Gasteiger partial charge in [0.05, 0.1) is 46.3 Å². The number of halogens is 4. The second kappa shape index (κ2) is 36.3. The van der Waals surface area contributed by atoms with E-state index in [9.17, 15) is 42.7 Å². The SMILES string of the molecule is CCOC(=O)C[C@H](CC(=O)C(CC(C)C)n1cc(CCN(C)C)c(C)c(F)c1=O)c1cc(-c2c(C)cc(OC)cc2C)cc(C)c1F.CCOC(=O)C[C@H](N)c1cc(-c2c(C)cc(OC)cc2C)cc(C)c1F.Cc1c(CCN(C)C)cn(C(CC(C)C)C(=O)O)c(=O)c1F. The number of benzene rings is 4. The molecule has 4 atom stereocenters. The summed E-state index contributed by atoms with van der Waals surface area (Å²) in [5.41, 5.74) is 15.1. The third-order valence-electron chi connectivity index (χ3n) is 16.8. The third-order valence-corrected chi connectivity index (χ3v) is 16.8. The first kappa shape index (κ1) is 79.5. The van der Waals surface area contributed by atoms with Crippen molar-refractivity contribution in [3.05, 3.63) is 172 Å². The van der Waals surface area contributed by atoms with E-state index < -0.39 is 70.5 Å². The van der Waals surface area contributed by atoms with Crippen molar-refractivity contribution in [1.82, 2.24) is 18.9 Å². The van der Waals surface area contributed by atoms with Crippen molar-refractivity contribution in [2.75, 3.05) is 68.7 Å². The van der Waals surface area contributed by atoms with Crippen molar-refractivity contribution in [3.63, 3.8) is 0 Å². The van der Waals surface area contributed by atoms with Gasteiger partial charge >= 0.3 is 17.9 Å². The fourth-order valence-electron chi connectivity index (χ4n) is 11.8. The number of pyridine rings is 2. The maximum Gasteiger partial charge on any atom is 0.326 e. The smallest absolute Gasteiger partial charge is 0.326 e. The summed E-state index contributed by atoms with van der Waals surface area (Å²) in [5, 5.41) is 9.38. The zero-order valence-electron chi connectivity index (χ0n) is 59.4. The molecule has 0 aliphatic heterocycles. The zero-order valence-corrected chi connectivity index (χ0v) is 59.4. The van der Waals surface area contributed by atoms with Crippen molar-refractivity contribution in [3.8, 4) is 33.8 Å². The summed E-state index contributed by atoms with van der Waals surface area (Å²) in [6.07, 6.45) is 4.16. The number of carboxylic acids is 1. The number of esters is 2. The molecule has 6 rings (SSSR count). The molecule has 2 heterocycles. The second-order valence-corrected chi connectivity index (χ2v) is 26.0. The maximum absolute atomic E-state index is 16.1. The number of aryl methyl sites for hydroxylation is 6. The minimum Gasteiger partial charge on any atom is -0.497 e. The predicted octanol–water partition coefficient (Wildman–Crippen LogP) is 13.9. The number of ketones is 1. The number of nitrogens with two attached hydrogens (primary N) is 1. The fourth-order valence-corrected chi connectivity index (χ4v) is 11.8. The Hall–Kier alpha value is -7.94. The first-order valence-corrected chi connectivity index (χ1v) is 32.3. The highest BCUT2D eigenvalue weighted by Gasteiger charge is 2.32. The number of ether oxygens (including phenoxy) is 4. The zero-order chi connectivity index (χ0) is 71.6. The summed E-state index contributed by atoms with van der Waals surface area (Å²) in [4.78, 5) is 79.7. The summed E-state index contributed by atoms with van der Waals surface area (Å²) >= 11 is 0. The van der Waals surface area contributed by atoms with Crippen LogP contribution in [0, 0.1) is 90.5 Å². The van der Waals surface area contributed by atoms with Crippen LogP contribution in [-0.4, -0.2) is 116 Å². The van der Waals surface area contributed by atoms with Gasteiger partial charge in [0.15, 0.2) is 17.4 Å². The van der Waals surface area contributed by atoms with Crippen LogP contribution in [0.3, 0.4) is 0 Å². The molecule has 2 unspecified atom stereocenters. The topological polar surface area (TPSA) is 202 Å². The summed E-state index contributed by atoms with van der Waals surface area (Å²) in [7, 11) is 10.8. The minimum absolute atomic E-state index is 0.0164. The Bertz CT molecular complexity index is 3750. The Labute approximate surface area is 558 Å². The molecule has 4 aromatic carbocycles. The van der Waals surface area contributed by atoms with E-state index in [0.29, 0.717) is 65.1 Å². The lowest BCUT2D eigenvalue weighted by molar-refractivity contribution is -0.144. The standard InChI is InChI=1S/C38H50F2N2O5.C21H26FNO3.C16H25FN2O3/c1-11-47-34(44)20-28(31-18-29(15-25(6)36(31)39)35-23(4)16-30(46-10)17-24(35)5)19-33(43)32(14-22(2)3)42-21-27(12-13-41(8)9)26(7)37(40)38(42)45;1-6-26-19(24)11-18(23)17-10-15(7-14(4)21(17)22)20-12(2)8-16(25-5)9-13(20)3;1-10(2)8-13(16(21)22)19-9-12(6-7-18(4)5)11(3)14(17)15(19)20/h15-18,21-22,28,32H,11-14,19-20H2,1-10H3;7-10,18H,6,11,23H2,1-5H3;9-10,13H,6-8H2,1-5H3,(H,21,22)/t28-,32?;18-;/m00./s1. The van der Waals surface area contributed by atoms with Crippen LogP contribution in [0.25, 0.3) is 22.3 Å². The van der Waals surface area contributed by atoms with Crippen LogP contribution in [0.4, 0.5) is 17.6 Å². The van der Waals surface area contributed by atoms with Crippen LogP contribution in [-0.2, 0) is 41.5 Å². The first-order valence-electron chi connectivity index (χ1n) is 32.3. The molecule has 0 aliphatic rings. The van der Waals surface area contributed by atoms with Crippen LogP contribution in [0.5, 0.6) is 11.5 Å². The lowest BCUT2D eigenvalue weighted by Crippen LogP contribution is -2.34. The number of hydrogen-bond donors (Lipinski definition) is 2. The number of likely N-dealkylation sites (N-methyl/N-ethyl adjacent to an activating group) is 2. The van der Waals surface area contributed by atoms with E-state index in [-0.39, 0.29) is 79.9 Å². The number of Topliss-reactive ketones (excluding diaryl/α,β-unsaturated/α-hetero) is 1. The number of rotatable bonds is 28. The van der Waals surface area contributed by atoms with Gasteiger partial charge in [-0.25, -0.2) is 22.4 Å². The highest BCUT2D eigenvalue weighted by Crippen LogP contribution is 2.39. The van der Waals surface area contributed by atoms with E-state index in [1.807, 2.05) is 118 Å². The summed E-state index contributed by atoms with van der Waals surface area (Å²) < 4.78 is 83.4. The Morgan fingerprint density at radius 2 is 0.895 bits per heavy atom. The van der Waals surface area contributed by atoms with Gasteiger partial charge in [0.2, 0.25) is 0 Å². The lowest BCUT2D eigenvalue weighted by Gasteiger charge is -2.26. The van der Waals surface area contributed by atoms with Gasteiger partial charge in [-0.2, -0.15) is 0 Å². The second-order valence-electron chi connectivity index (χ2n) is 26.0. The van der Waals surface area contributed by atoms with Crippen molar-refractivity contribution in [2.24, 2.45) is 17.6 Å². The van der Waals surface area contributed by atoms with Crippen LogP contribution < -0.4 is 26.3 Å². The van der Waals surface area contributed by atoms with E-state index in [2.05, 4.69) is 0 Å². The van der Waals surface area contributed by atoms with Gasteiger partial charge in [-0.1, -0.05) is 27.7 Å². The van der Waals surface area contributed by atoms with Gasteiger partial charge in [-0.3, -0.25) is 28.5 Å². The number of methoxy groups -OCH3 is 2. The van der Waals surface area contributed by atoms with E-state index in [1.54, 1.807) is 86.2 Å². The molecule has 0 fully saturated rings. The number of carboxylic acid groups (broad SMARTS) is 1. The Balaban J connectivity index is 0.000000336. The van der Waals surface area contributed by atoms with Gasteiger partial charge in [-0.15, -0.1) is 0 Å². The average Bonchev–Trinajstić information content (AvgIpc) is 0.801. The van der Waals surface area contributed by atoms with Crippen molar-refractivity contribution >= 4 is 23.7 Å². The molecule has 520 valence electrons. The van der Waals surface area contributed by atoms with Crippen molar-refractivity contribution in [1.29, 1.82) is 0 Å². The number of aromatic nitrogens is 2. The molecular formula is C75H101F4N5O11. The van der Waals surface area contributed by atoms with Gasteiger partial charge in [0, 0.05) is 49.4 Å². The lowest BCUT2D eigenvalue weighted by atomic mass is 9.83. The molecular weight excluding hydrogens is 1220 g/mol. The van der Waals surface area contributed by atoms with Gasteiger partial charge in [-0.05, 0) is 267 Å². The number of nitrogens with zero attached hydrogens (tertiary/aromatic N) is 4. The third kappa shape index (κ3) is 21.5. The Morgan fingerprint density at radius 1 is 0.526 bits per heavy atom. The number of aliphatic carboxylic acids is 1. The Morgan fingerprint density at radius 3 is 1.26 bits per heavy atom. The minimum atomic E-state index is -1.11. The normalized spacial score (nSPS) is 12.6. The predicted molar refractivity (Wildman–Crippen MR) is 367 cm³/mol. The maximum atomic E-state index is 16.1. The molecule has 0 bridgehead atoms. The monoisotopic (exact) mass is 1320 g/mol. The van der Waals surface area contributed by atoms with E-state index in [4.69, 9.17) is 24.7 Å². The Kier molecular flexibility index (Phi) is 30.3. The first-order chi connectivity index (χ1) is 44.5. The molecule has 0 saturated heterocycles. The van der Waals surface area contributed by atoms with Crippen LogP contribution in [0.2, 0.25) is 0 Å². The number of carbonyl (C=O) groups is 4. The highest BCUT2D eigenvalue weighted by molar-refractivity contribution is 5.85. The van der Waals surface area contributed by atoms with Crippen LogP contribution >= 0.6 is 0 Å². The summed E-state index contributed by atoms with van der Waals surface area (Å²) in [5.74, 6) is -4.44. The highest BCUT2D eigenvalue weighted by atomic mass is 19.1. The van der Waals surface area contributed by atoms with E-state index in [0.717, 1.165) is 54.8 Å². The largest absolute Gasteiger partial charge is 0.497 e. The molecule has 6 aromatic rings. The number of hydrogen-bond acceptors (Lipinski definition) is 13. The fraction of sp³-hybridized carbons (Fsp3) is 0.493. The molecule has 0 spiro atoms. The average molecular weight is 1320 g/mol. The summed E-state index contributed by atoms with van der Waals surface area (Å²) in [6.45, 7) is 27.1. The quantitative estimate of drug-likeness (QED) is 0.0347. The van der Waals surface area contributed by atoms with E-state index in [1.165, 1.54) is 10.8 Å². The van der Waals surface area contributed by atoms with Gasteiger partial charge in [0.1, 0.15) is 29.2 Å². The molecule has 2 aromatic heterocycles. The van der Waals surface area contributed by atoms with Crippen molar-refractivity contribution < 1.29 is 60.8 Å². The van der Waals surface area contributed by atoms with E-state index >= 15 is 8.78 Å². The summed E-state index contributed by atoms with van der Waals surface area (Å²) in [6, 6.07) is 11.9. The van der Waals surface area contributed by atoms with Gasteiger partial charge in [0.25, 0.3) is 11.1 Å². The molecule has 3 N–H and O–H groups in total. The van der Waals surface area contributed by atoms with Crippen LogP contribution in [0.1, 0.15) is 164 Å². The molecule has 0 aliphatic carbocycles. The molecule has 20 heteroatoms. The molecule has 16 nitrogen and oxygen atoms in total. The number of carbonyl (C=O) groups excluding carboxylic acids is 3. The molecule has 0 amide bonds. The molecule has 95 heavy (non-hydrogen) atoms. The molecule has 0 saturated carbocycles.